The molecule has 1 atom stereocenters. The molecule has 0 saturated heterocycles. The molecule has 0 radical (unpaired) electrons. The van der Waals surface area contributed by atoms with Crippen LogP contribution in [0, 0.1) is 0 Å². The zero-order chi connectivity index (χ0) is 18.3. The highest BCUT2D eigenvalue weighted by atomic mass is 35.5. The zero-order valence-electron chi connectivity index (χ0n) is 13.5. The van der Waals surface area contributed by atoms with Crippen molar-refractivity contribution in [2.24, 2.45) is 0 Å². The second kappa shape index (κ2) is 6.63. The Morgan fingerprint density at radius 1 is 1.19 bits per heavy atom. The minimum Gasteiger partial charge on any atom is -0.329 e. The summed E-state index contributed by atoms with van der Waals surface area (Å²) in [6.07, 6.45) is 3.40. The Morgan fingerprint density at radius 2 is 2.04 bits per heavy atom. The van der Waals surface area contributed by atoms with Crippen LogP contribution in [0.1, 0.15) is 17.2 Å². The summed E-state index contributed by atoms with van der Waals surface area (Å²) >= 11 is 12.1. The summed E-state index contributed by atoms with van der Waals surface area (Å²) in [6.45, 7) is 0.762. The zero-order valence-corrected chi connectivity index (χ0v) is 15.0. The molecule has 0 saturated carbocycles. The van der Waals surface area contributed by atoms with Crippen molar-refractivity contribution in [1.29, 1.82) is 0 Å². The van der Waals surface area contributed by atoms with E-state index in [4.69, 9.17) is 23.2 Å². The number of amides is 3. The normalized spacial score (nSPS) is 19.3. The molecule has 2 aliphatic rings. The average molecular weight is 389 g/mol. The lowest BCUT2D eigenvalue weighted by atomic mass is 9.96. The third-order valence-electron chi connectivity index (χ3n) is 4.39. The van der Waals surface area contributed by atoms with Crippen LogP contribution in [0.5, 0.6) is 0 Å². The van der Waals surface area contributed by atoms with Gasteiger partial charge in [0.1, 0.15) is 0 Å². The summed E-state index contributed by atoms with van der Waals surface area (Å²) in [4.78, 5) is 30.8. The fourth-order valence-electron chi connectivity index (χ4n) is 3.21. The number of rotatable bonds is 3. The fraction of sp³-hybridized carbons (Fsp3) is 0.167. The molecule has 8 heteroatoms. The lowest BCUT2D eigenvalue weighted by Crippen LogP contribution is -2.44. The van der Waals surface area contributed by atoms with Crippen LogP contribution in [0.2, 0.25) is 10.0 Å². The number of hydrogen-bond acceptors (Lipinski definition) is 3. The standard InChI is InChI=1S/C18H14Cl2N4O2/c19-12-4-3-11(6-13(12)20)16-15-14(22-18(26)23-16)9-24(17(15)25)8-10-2-1-5-21-7-10/h1-7,16H,8-9H2,(H2,22,23,26)/t16-/m1/s1. The van der Waals surface area contributed by atoms with Gasteiger partial charge in [0.15, 0.2) is 0 Å². The van der Waals surface area contributed by atoms with E-state index < -0.39 is 6.04 Å². The Hall–Kier alpha value is -2.57. The van der Waals surface area contributed by atoms with Crippen molar-refractivity contribution < 1.29 is 9.59 Å². The second-order valence-corrected chi connectivity index (χ2v) is 6.93. The van der Waals surface area contributed by atoms with Crippen LogP contribution in [0.15, 0.2) is 54.0 Å². The maximum Gasteiger partial charge on any atom is 0.319 e. The van der Waals surface area contributed by atoms with E-state index in [0.29, 0.717) is 40.0 Å². The van der Waals surface area contributed by atoms with Crippen molar-refractivity contribution in [2.75, 3.05) is 6.54 Å². The summed E-state index contributed by atoms with van der Waals surface area (Å²) in [5.74, 6) is -0.132. The third kappa shape index (κ3) is 3.02. The summed E-state index contributed by atoms with van der Waals surface area (Å²) in [7, 11) is 0. The smallest absolute Gasteiger partial charge is 0.319 e. The fourth-order valence-corrected chi connectivity index (χ4v) is 3.52. The van der Waals surface area contributed by atoms with Gasteiger partial charge in [0.25, 0.3) is 5.91 Å². The number of carbonyl (C=O) groups is 2. The van der Waals surface area contributed by atoms with Gasteiger partial charge in [-0.1, -0.05) is 35.3 Å². The molecule has 4 rings (SSSR count). The van der Waals surface area contributed by atoms with Crippen molar-refractivity contribution in [3.8, 4) is 0 Å². The molecule has 0 bridgehead atoms. The molecule has 1 aromatic heterocycles. The first-order valence-electron chi connectivity index (χ1n) is 7.96. The van der Waals surface area contributed by atoms with Crippen LogP contribution in [-0.2, 0) is 11.3 Å². The minimum absolute atomic E-state index is 0.132. The molecule has 3 heterocycles. The van der Waals surface area contributed by atoms with Gasteiger partial charge in [0, 0.05) is 18.9 Å². The van der Waals surface area contributed by atoms with Crippen LogP contribution >= 0.6 is 23.2 Å². The van der Waals surface area contributed by atoms with Gasteiger partial charge in [-0.15, -0.1) is 0 Å². The van der Waals surface area contributed by atoms with Crippen molar-refractivity contribution in [2.45, 2.75) is 12.6 Å². The van der Waals surface area contributed by atoms with Gasteiger partial charge in [-0.25, -0.2) is 4.79 Å². The maximum atomic E-state index is 13.0. The molecule has 0 spiro atoms. The monoisotopic (exact) mass is 388 g/mol. The molecule has 6 nitrogen and oxygen atoms in total. The number of aromatic nitrogens is 1. The quantitative estimate of drug-likeness (QED) is 0.848. The van der Waals surface area contributed by atoms with E-state index in [9.17, 15) is 9.59 Å². The number of carbonyl (C=O) groups excluding carboxylic acids is 2. The minimum atomic E-state index is -0.570. The SMILES string of the molecule is O=C1NC2=C(C(=O)N(Cc3cccnc3)C2)[C@@H](c2ccc(Cl)c(Cl)c2)N1. The van der Waals surface area contributed by atoms with Gasteiger partial charge >= 0.3 is 6.03 Å². The molecule has 0 unspecified atom stereocenters. The average Bonchev–Trinajstić information content (AvgIpc) is 2.93. The van der Waals surface area contributed by atoms with E-state index in [1.807, 2.05) is 12.1 Å². The first-order valence-corrected chi connectivity index (χ1v) is 8.72. The molecule has 2 aliphatic heterocycles. The number of hydrogen-bond donors (Lipinski definition) is 2. The summed E-state index contributed by atoms with van der Waals surface area (Å²) < 4.78 is 0. The second-order valence-electron chi connectivity index (χ2n) is 6.12. The van der Waals surface area contributed by atoms with Gasteiger partial charge in [-0.05, 0) is 29.3 Å². The predicted molar refractivity (Wildman–Crippen MR) is 97.6 cm³/mol. The molecular formula is C18H14Cl2N4O2. The first-order chi connectivity index (χ1) is 12.5. The Bertz CT molecular complexity index is 930. The van der Waals surface area contributed by atoms with Crippen molar-refractivity contribution in [3.63, 3.8) is 0 Å². The van der Waals surface area contributed by atoms with Crippen LogP contribution < -0.4 is 10.6 Å². The summed E-state index contributed by atoms with van der Waals surface area (Å²) in [5.41, 5.74) is 2.76. The first kappa shape index (κ1) is 16.9. The van der Waals surface area contributed by atoms with E-state index in [0.717, 1.165) is 5.56 Å². The van der Waals surface area contributed by atoms with Gasteiger partial charge in [0.2, 0.25) is 0 Å². The Labute approximate surface area is 159 Å². The van der Waals surface area contributed by atoms with E-state index in [-0.39, 0.29) is 11.9 Å². The van der Waals surface area contributed by atoms with Crippen molar-refractivity contribution in [1.82, 2.24) is 20.5 Å². The number of pyridine rings is 1. The molecule has 1 aromatic carbocycles. The topological polar surface area (TPSA) is 74.3 Å². The van der Waals surface area contributed by atoms with Gasteiger partial charge in [-0.2, -0.15) is 0 Å². The molecule has 0 fully saturated rings. The summed E-state index contributed by atoms with van der Waals surface area (Å²) in [5, 5.41) is 6.33. The number of nitrogens with zero attached hydrogens (tertiary/aromatic N) is 2. The molecule has 132 valence electrons. The largest absolute Gasteiger partial charge is 0.329 e. The lowest BCUT2D eigenvalue weighted by molar-refractivity contribution is -0.126. The molecule has 2 aromatic rings. The number of benzene rings is 1. The molecule has 26 heavy (non-hydrogen) atoms. The van der Waals surface area contributed by atoms with Crippen LogP contribution in [0.25, 0.3) is 0 Å². The maximum absolute atomic E-state index is 13.0. The van der Waals surface area contributed by atoms with Crippen molar-refractivity contribution >= 4 is 35.1 Å². The molecule has 0 aliphatic carbocycles. The van der Waals surface area contributed by atoms with E-state index >= 15 is 0 Å². The van der Waals surface area contributed by atoms with Crippen molar-refractivity contribution in [3.05, 3.63) is 75.2 Å². The van der Waals surface area contributed by atoms with Gasteiger partial charge in [0.05, 0.1) is 33.9 Å². The number of nitrogens with one attached hydrogen (secondary N) is 2. The molecule has 3 amide bonds. The van der Waals surface area contributed by atoms with Crippen LogP contribution in [0.4, 0.5) is 4.79 Å². The van der Waals surface area contributed by atoms with E-state index in [2.05, 4.69) is 15.6 Å². The van der Waals surface area contributed by atoms with Crippen LogP contribution in [-0.4, -0.2) is 28.4 Å². The molecular weight excluding hydrogens is 375 g/mol. The number of urea groups is 1. The van der Waals surface area contributed by atoms with Gasteiger partial charge in [-0.3, -0.25) is 9.78 Å². The molecule has 2 N–H and O–H groups in total. The number of halogens is 2. The Kier molecular flexibility index (Phi) is 4.30. The Balaban J connectivity index is 1.65. The lowest BCUT2D eigenvalue weighted by Gasteiger charge is -2.25. The van der Waals surface area contributed by atoms with Gasteiger partial charge < -0.3 is 15.5 Å². The van der Waals surface area contributed by atoms with E-state index in [1.165, 1.54) is 0 Å². The predicted octanol–water partition coefficient (Wildman–Crippen LogP) is 3.04. The Morgan fingerprint density at radius 3 is 2.77 bits per heavy atom. The highest BCUT2D eigenvalue weighted by molar-refractivity contribution is 6.42. The summed E-state index contributed by atoms with van der Waals surface area (Å²) in [6, 6.07) is 7.89. The van der Waals surface area contributed by atoms with E-state index in [1.54, 1.807) is 35.5 Å². The highest BCUT2D eigenvalue weighted by Crippen LogP contribution is 2.35. The van der Waals surface area contributed by atoms with Crippen LogP contribution in [0.3, 0.4) is 0 Å². The highest BCUT2D eigenvalue weighted by Gasteiger charge is 2.40. The third-order valence-corrected chi connectivity index (χ3v) is 5.13.